The molecule has 2 rings (SSSR count). The maximum absolute atomic E-state index is 12.5. The molecular weight excluding hydrogens is 259 g/mol. The van der Waals surface area contributed by atoms with Crippen molar-refractivity contribution in [2.24, 2.45) is 0 Å². The lowest BCUT2D eigenvalue weighted by Gasteiger charge is -2.12. The van der Waals surface area contributed by atoms with E-state index in [2.05, 4.69) is 0 Å². The quantitative estimate of drug-likeness (QED) is 0.777. The molecule has 96 valence electrons. The molecule has 0 radical (unpaired) electrons. The SMILES string of the molecule is CN(C)c1ccc(-c2ccc(C(F)(F)F)s2)cc1. The molecule has 0 atom stereocenters. The second-order valence-electron chi connectivity index (χ2n) is 4.10. The summed E-state index contributed by atoms with van der Waals surface area (Å²) in [6.45, 7) is 0. The molecule has 0 aliphatic heterocycles. The first kappa shape index (κ1) is 13.0. The van der Waals surface area contributed by atoms with E-state index >= 15 is 0 Å². The Bertz CT molecular complexity index is 526. The highest BCUT2D eigenvalue weighted by Crippen LogP contribution is 2.38. The van der Waals surface area contributed by atoms with Crippen molar-refractivity contribution in [3.8, 4) is 10.4 Å². The van der Waals surface area contributed by atoms with E-state index in [1.165, 1.54) is 6.07 Å². The van der Waals surface area contributed by atoms with Crippen molar-refractivity contribution in [3.05, 3.63) is 41.3 Å². The molecule has 0 saturated heterocycles. The smallest absolute Gasteiger partial charge is 0.378 e. The predicted octanol–water partition coefficient (Wildman–Crippen LogP) is 4.50. The molecule has 2 aromatic rings. The van der Waals surface area contributed by atoms with E-state index in [0.29, 0.717) is 4.88 Å². The summed E-state index contributed by atoms with van der Waals surface area (Å²) in [7, 11) is 3.84. The molecule has 18 heavy (non-hydrogen) atoms. The average molecular weight is 271 g/mol. The van der Waals surface area contributed by atoms with Gasteiger partial charge in [-0.25, -0.2) is 0 Å². The number of alkyl halides is 3. The lowest BCUT2D eigenvalue weighted by molar-refractivity contribution is -0.134. The van der Waals surface area contributed by atoms with Crippen molar-refractivity contribution in [2.45, 2.75) is 6.18 Å². The molecule has 0 N–H and O–H groups in total. The molecule has 0 fully saturated rings. The van der Waals surface area contributed by atoms with Crippen LogP contribution in [0.15, 0.2) is 36.4 Å². The van der Waals surface area contributed by atoms with E-state index < -0.39 is 11.1 Å². The molecule has 1 aromatic heterocycles. The second kappa shape index (κ2) is 4.65. The van der Waals surface area contributed by atoms with Gasteiger partial charge in [0.25, 0.3) is 0 Å². The lowest BCUT2D eigenvalue weighted by Crippen LogP contribution is -2.07. The predicted molar refractivity (Wildman–Crippen MR) is 69.1 cm³/mol. The zero-order chi connectivity index (χ0) is 13.3. The largest absolute Gasteiger partial charge is 0.425 e. The molecule has 0 aliphatic rings. The molecule has 0 spiro atoms. The minimum Gasteiger partial charge on any atom is -0.378 e. The van der Waals surface area contributed by atoms with Crippen molar-refractivity contribution in [2.75, 3.05) is 19.0 Å². The minimum atomic E-state index is -4.26. The molecule has 0 saturated carbocycles. The first-order chi connectivity index (χ1) is 8.38. The van der Waals surface area contributed by atoms with Crippen molar-refractivity contribution >= 4 is 17.0 Å². The summed E-state index contributed by atoms with van der Waals surface area (Å²) in [6, 6.07) is 10.1. The first-order valence-corrected chi connectivity index (χ1v) is 6.14. The van der Waals surface area contributed by atoms with Gasteiger partial charge in [-0.15, -0.1) is 11.3 Å². The van der Waals surface area contributed by atoms with E-state index in [1.54, 1.807) is 0 Å². The van der Waals surface area contributed by atoms with Gasteiger partial charge in [0.15, 0.2) is 0 Å². The van der Waals surface area contributed by atoms with E-state index in [-0.39, 0.29) is 0 Å². The fraction of sp³-hybridized carbons (Fsp3) is 0.231. The van der Waals surface area contributed by atoms with E-state index in [1.807, 2.05) is 43.3 Å². The number of hydrogen-bond donors (Lipinski definition) is 0. The normalized spacial score (nSPS) is 11.6. The summed E-state index contributed by atoms with van der Waals surface area (Å²) < 4.78 is 37.5. The third-order valence-electron chi connectivity index (χ3n) is 2.55. The van der Waals surface area contributed by atoms with Crippen LogP contribution in [-0.2, 0) is 6.18 Å². The Kier molecular flexibility index (Phi) is 3.34. The minimum absolute atomic E-state index is 0.561. The highest BCUT2D eigenvalue weighted by Gasteiger charge is 2.32. The zero-order valence-corrected chi connectivity index (χ0v) is 10.8. The van der Waals surface area contributed by atoms with Gasteiger partial charge in [-0.1, -0.05) is 12.1 Å². The van der Waals surface area contributed by atoms with Gasteiger partial charge in [-0.05, 0) is 29.8 Å². The van der Waals surface area contributed by atoms with Crippen LogP contribution in [0.1, 0.15) is 4.88 Å². The lowest BCUT2D eigenvalue weighted by atomic mass is 10.1. The van der Waals surface area contributed by atoms with E-state index in [4.69, 9.17) is 0 Å². The molecule has 1 heterocycles. The monoisotopic (exact) mass is 271 g/mol. The summed E-state index contributed by atoms with van der Waals surface area (Å²) in [6.07, 6.45) is -4.26. The fourth-order valence-electron chi connectivity index (χ4n) is 1.57. The summed E-state index contributed by atoms with van der Waals surface area (Å²) >= 11 is 0.769. The number of rotatable bonds is 2. The van der Waals surface area contributed by atoms with Crippen molar-refractivity contribution < 1.29 is 13.2 Å². The topological polar surface area (TPSA) is 3.24 Å². The number of thiophene rings is 1. The van der Waals surface area contributed by atoms with Crippen LogP contribution in [0.5, 0.6) is 0 Å². The van der Waals surface area contributed by atoms with Crippen molar-refractivity contribution in [3.63, 3.8) is 0 Å². The van der Waals surface area contributed by atoms with Crippen molar-refractivity contribution in [1.82, 2.24) is 0 Å². The second-order valence-corrected chi connectivity index (χ2v) is 5.19. The molecule has 0 aliphatic carbocycles. The highest BCUT2D eigenvalue weighted by molar-refractivity contribution is 7.15. The van der Waals surface area contributed by atoms with Gasteiger partial charge < -0.3 is 4.90 Å². The van der Waals surface area contributed by atoms with Crippen LogP contribution in [-0.4, -0.2) is 14.1 Å². The van der Waals surface area contributed by atoms with Gasteiger partial charge in [0.1, 0.15) is 4.88 Å². The molecular formula is C13H12F3NS. The third kappa shape index (κ3) is 2.67. The van der Waals surface area contributed by atoms with Gasteiger partial charge in [-0.2, -0.15) is 13.2 Å². The van der Waals surface area contributed by atoms with E-state index in [9.17, 15) is 13.2 Å². The van der Waals surface area contributed by atoms with Gasteiger partial charge in [-0.3, -0.25) is 0 Å². The van der Waals surface area contributed by atoms with Crippen LogP contribution in [0.25, 0.3) is 10.4 Å². The number of anilines is 1. The highest BCUT2D eigenvalue weighted by atomic mass is 32.1. The van der Waals surface area contributed by atoms with Gasteiger partial charge >= 0.3 is 6.18 Å². The maximum atomic E-state index is 12.5. The summed E-state index contributed by atoms with van der Waals surface area (Å²) in [5.74, 6) is 0. The molecule has 1 nitrogen and oxygen atoms in total. The van der Waals surface area contributed by atoms with Crippen LogP contribution in [0.3, 0.4) is 0 Å². The number of halogens is 3. The number of hydrogen-bond acceptors (Lipinski definition) is 2. The summed E-state index contributed by atoms with van der Waals surface area (Å²) in [5, 5.41) is 0. The molecule has 0 bridgehead atoms. The molecule has 1 aromatic carbocycles. The first-order valence-electron chi connectivity index (χ1n) is 5.33. The Balaban J connectivity index is 2.29. The van der Waals surface area contributed by atoms with Crippen LogP contribution in [0, 0.1) is 0 Å². The molecule has 0 amide bonds. The van der Waals surface area contributed by atoms with Crippen LogP contribution >= 0.6 is 11.3 Å². The zero-order valence-electron chi connectivity index (χ0n) is 9.95. The Labute approximate surface area is 107 Å². The van der Waals surface area contributed by atoms with Gasteiger partial charge in [0.2, 0.25) is 0 Å². The number of benzene rings is 1. The van der Waals surface area contributed by atoms with Crippen molar-refractivity contribution in [1.29, 1.82) is 0 Å². The molecule has 5 heteroatoms. The maximum Gasteiger partial charge on any atom is 0.425 e. The molecule has 0 unspecified atom stereocenters. The Morgan fingerprint density at radius 3 is 2.00 bits per heavy atom. The summed E-state index contributed by atoms with van der Waals surface area (Å²) in [5.41, 5.74) is 1.83. The van der Waals surface area contributed by atoms with Gasteiger partial charge in [0, 0.05) is 24.7 Å². The van der Waals surface area contributed by atoms with Crippen LogP contribution in [0.4, 0.5) is 18.9 Å². The Morgan fingerprint density at radius 1 is 0.944 bits per heavy atom. The fourth-order valence-corrected chi connectivity index (χ4v) is 2.45. The third-order valence-corrected chi connectivity index (χ3v) is 3.73. The van der Waals surface area contributed by atoms with Crippen LogP contribution < -0.4 is 4.90 Å². The van der Waals surface area contributed by atoms with Crippen LogP contribution in [0.2, 0.25) is 0 Å². The summed E-state index contributed by atoms with van der Waals surface area (Å²) in [4.78, 5) is 2.01. The average Bonchev–Trinajstić information content (AvgIpc) is 2.78. The Morgan fingerprint density at radius 2 is 1.56 bits per heavy atom. The van der Waals surface area contributed by atoms with E-state index in [0.717, 1.165) is 28.7 Å². The number of nitrogens with zero attached hydrogens (tertiary/aromatic N) is 1. The Hall–Kier alpha value is -1.49. The van der Waals surface area contributed by atoms with Gasteiger partial charge in [0.05, 0.1) is 0 Å². The standard InChI is InChI=1S/C13H12F3NS/c1-17(2)10-5-3-9(4-6-10)11-7-8-12(18-11)13(14,15)16/h3-8H,1-2H3.